The van der Waals surface area contributed by atoms with Gasteiger partial charge in [-0.1, -0.05) is 54.1 Å². The van der Waals surface area contributed by atoms with Crippen LogP contribution >= 0.6 is 11.6 Å². The van der Waals surface area contributed by atoms with Crippen molar-refractivity contribution in [3.8, 4) is 11.1 Å². The zero-order valence-electron chi connectivity index (χ0n) is 14.0. The fourth-order valence-electron chi connectivity index (χ4n) is 2.65. The minimum Gasteiger partial charge on any atom is -0.225 e. The van der Waals surface area contributed by atoms with Gasteiger partial charge in [0.15, 0.2) is 9.84 Å². The molecule has 0 aliphatic rings. The number of primary sulfonamides is 1. The largest absolute Gasteiger partial charge is 0.238 e. The molecule has 140 valence electrons. The molecule has 0 saturated heterocycles. The molecule has 3 aromatic rings. The van der Waals surface area contributed by atoms with Crippen LogP contribution in [0.3, 0.4) is 0 Å². The molecule has 8 heteroatoms. The lowest BCUT2D eigenvalue weighted by atomic mass is 10.1. The van der Waals surface area contributed by atoms with E-state index in [0.717, 1.165) is 11.1 Å². The first-order valence-electron chi connectivity index (χ1n) is 7.86. The number of benzene rings is 3. The summed E-state index contributed by atoms with van der Waals surface area (Å²) in [7, 11) is -7.55. The van der Waals surface area contributed by atoms with Gasteiger partial charge >= 0.3 is 0 Å². The van der Waals surface area contributed by atoms with Crippen LogP contribution in [0.15, 0.2) is 82.6 Å². The van der Waals surface area contributed by atoms with Gasteiger partial charge in [0.2, 0.25) is 10.0 Å². The lowest BCUT2D eigenvalue weighted by Gasteiger charge is -2.08. The summed E-state index contributed by atoms with van der Waals surface area (Å²) in [5.41, 5.74) is 1.96. The third-order valence-electron chi connectivity index (χ3n) is 3.98. The van der Waals surface area contributed by atoms with E-state index in [2.05, 4.69) is 0 Å². The molecular weight excluding hydrogens is 406 g/mol. The minimum absolute atomic E-state index is 0.121. The molecule has 0 aromatic heterocycles. The summed E-state index contributed by atoms with van der Waals surface area (Å²) >= 11 is 6.17. The highest BCUT2D eigenvalue weighted by Crippen LogP contribution is 2.29. The summed E-state index contributed by atoms with van der Waals surface area (Å²) in [5.74, 6) is -0.332. The Hall–Kier alpha value is -2.19. The Kier molecular flexibility index (Phi) is 5.39. The third kappa shape index (κ3) is 4.56. The van der Waals surface area contributed by atoms with Gasteiger partial charge in [0.05, 0.1) is 15.5 Å². The quantitative estimate of drug-likeness (QED) is 0.680. The normalized spacial score (nSPS) is 12.1. The van der Waals surface area contributed by atoms with Crippen molar-refractivity contribution >= 4 is 31.5 Å². The zero-order chi connectivity index (χ0) is 19.7. The molecule has 0 fully saturated rings. The molecule has 0 atom stereocenters. The van der Waals surface area contributed by atoms with E-state index in [1.54, 1.807) is 24.3 Å². The van der Waals surface area contributed by atoms with Crippen LogP contribution in [0.2, 0.25) is 5.02 Å². The van der Waals surface area contributed by atoms with E-state index in [1.165, 1.54) is 30.3 Å². The number of halogens is 1. The second-order valence-electron chi connectivity index (χ2n) is 5.96. The maximum Gasteiger partial charge on any atom is 0.238 e. The molecule has 27 heavy (non-hydrogen) atoms. The molecule has 0 spiro atoms. The van der Waals surface area contributed by atoms with E-state index >= 15 is 0 Å². The second-order valence-corrected chi connectivity index (χ2v) is 9.91. The third-order valence-corrected chi connectivity index (χ3v) is 6.93. The van der Waals surface area contributed by atoms with Gasteiger partial charge in [-0.05, 0) is 41.5 Å². The predicted octanol–water partition coefficient (Wildman–Crippen LogP) is 3.63. The highest BCUT2D eigenvalue weighted by molar-refractivity contribution is 7.90. The van der Waals surface area contributed by atoms with E-state index < -0.39 is 19.9 Å². The molecule has 0 unspecified atom stereocenters. The fraction of sp³-hybridized carbons (Fsp3) is 0.0526. The van der Waals surface area contributed by atoms with Gasteiger partial charge < -0.3 is 0 Å². The van der Waals surface area contributed by atoms with Crippen LogP contribution in [0.5, 0.6) is 0 Å². The van der Waals surface area contributed by atoms with Crippen molar-refractivity contribution in [3.05, 3.63) is 83.4 Å². The van der Waals surface area contributed by atoms with E-state index in [9.17, 15) is 16.8 Å². The number of sulfonamides is 1. The monoisotopic (exact) mass is 421 g/mol. The molecule has 0 aliphatic carbocycles. The van der Waals surface area contributed by atoms with Crippen molar-refractivity contribution in [1.82, 2.24) is 0 Å². The Morgan fingerprint density at radius 3 is 2.07 bits per heavy atom. The summed E-state index contributed by atoms with van der Waals surface area (Å²) in [5, 5.41) is 5.67. The van der Waals surface area contributed by atoms with Gasteiger partial charge in [-0.2, -0.15) is 0 Å². The zero-order valence-corrected chi connectivity index (χ0v) is 16.4. The molecule has 3 aromatic carbocycles. The maximum atomic E-state index is 12.7. The van der Waals surface area contributed by atoms with E-state index in [0.29, 0.717) is 10.6 Å². The van der Waals surface area contributed by atoms with Crippen molar-refractivity contribution in [2.75, 3.05) is 0 Å². The number of hydrogen-bond acceptors (Lipinski definition) is 4. The Morgan fingerprint density at radius 1 is 0.778 bits per heavy atom. The smallest absolute Gasteiger partial charge is 0.225 e. The molecular formula is C19H16ClNO4S2. The van der Waals surface area contributed by atoms with Crippen molar-refractivity contribution in [1.29, 1.82) is 0 Å². The van der Waals surface area contributed by atoms with Gasteiger partial charge in [0.1, 0.15) is 0 Å². The summed E-state index contributed by atoms with van der Waals surface area (Å²) in [6.45, 7) is 0. The maximum absolute atomic E-state index is 12.7. The highest BCUT2D eigenvalue weighted by Gasteiger charge is 2.17. The average molecular weight is 422 g/mol. The SMILES string of the molecule is NS(=O)(=O)c1cccc(CS(=O)(=O)c2ccc(-c3ccccc3Cl)cc2)c1. The number of sulfone groups is 1. The molecule has 0 radical (unpaired) electrons. The average Bonchev–Trinajstić information content (AvgIpc) is 2.61. The minimum atomic E-state index is -3.89. The van der Waals surface area contributed by atoms with Crippen molar-refractivity contribution < 1.29 is 16.8 Å². The van der Waals surface area contributed by atoms with E-state index in [4.69, 9.17) is 16.7 Å². The van der Waals surface area contributed by atoms with Crippen molar-refractivity contribution in [2.24, 2.45) is 5.14 Å². The van der Waals surface area contributed by atoms with Crippen molar-refractivity contribution in [2.45, 2.75) is 15.5 Å². The van der Waals surface area contributed by atoms with Crippen LogP contribution < -0.4 is 5.14 Å². The molecule has 0 bridgehead atoms. The molecule has 2 N–H and O–H groups in total. The Labute approximate surface area is 163 Å². The second kappa shape index (κ2) is 7.44. The van der Waals surface area contributed by atoms with Crippen LogP contribution in [-0.2, 0) is 25.6 Å². The summed E-state index contributed by atoms with van der Waals surface area (Å²) < 4.78 is 48.2. The van der Waals surface area contributed by atoms with Crippen molar-refractivity contribution in [3.63, 3.8) is 0 Å². The Bertz CT molecular complexity index is 1190. The van der Waals surface area contributed by atoms with Crippen LogP contribution in [0.4, 0.5) is 0 Å². The number of nitrogens with two attached hydrogens (primary N) is 1. The van der Waals surface area contributed by atoms with E-state index in [1.807, 2.05) is 18.2 Å². The number of hydrogen-bond donors (Lipinski definition) is 1. The number of rotatable bonds is 5. The molecule has 5 nitrogen and oxygen atoms in total. The van der Waals surface area contributed by atoms with Crippen LogP contribution in [0.25, 0.3) is 11.1 Å². The molecule has 0 aliphatic heterocycles. The highest BCUT2D eigenvalue weighted by atomic mass is 35.5. The van der Waals surface area contributed by atoms with E-state index in [-0.39, 0.29) is 15.5 Å². The predicted molar refractivity (Wildman–Crippen MR) is 106 cm³/mol. The fourth-order valence-corrected chi connectivity index (χ4v) is 4.82. The first-order chi connectivity index (χ1) is 12.7. The van der Waals surface area contributed by atoms with Gasteiger partial charge in [-0.3, -0.25) is 0 Å². The van der Waals surface area contributed by atoms with Gasteiger partial charge in [-0.15, -0.1) is 0 Å². The van der Waals surface area contributed by atoms with Gasteiger partial charge in [0.25, 0.3) is 0 Å². The topological polar surface area (TPSA) is 94.3 Å². The van der Waals surface area contributed by atoms with Crippen LogP contribution in [0, 0.1) is 0 Å². The lowest BCUT2D eigenvalue weighted by molar-refractivity contribution is 0.593. The van der Waals surface area contributed by atoms with Gasteiger partial charge in [0, 0.05) is 10.6 Å². The Balaban J connectivity index is 1.89. The molecule has 0 amide bonds. The standard InChI is InChI=1S/C19H16ClNO4S2/c20-19-7-2-1-6-18(19)15-8-10-16(11-9-15)26(22,23)13-14-4-3-5-17(12-14)27(21,24)25/h1-12H,13H2,(H2,21,24,25). The first-order valence-corrected chi connectivity index (χ1v) is 11.4. The lowest BCUT2D eigenvalue weighted by Crippen LogP contribution is -2.13. The van der Waals surface area contributed by atoms with Crippen LogP contribution in [-0.4, -0.2) is 16.8 Å². The summed E-state index contributed by atoms with van der Waals surface area (Å²) in [4.78, 5) is 0.0172. The Morgan fingerprint density at radius 2 is 1.44 bits per heavy atom. The van der Waals surface area contributed by atoms with Gasteiger partial charge in [-0.25, -0.2) is 22.0 Å². The molecule has 0 heterocycles. The summed E-state index contributed by atoms with van der Waals surface area (Å²) in [6, 6.07) is 19.3. The molecule has 0 saturated carbocycles. The van der Waals surface area contributed by atoms with Crippen LogP contribution in [0.1, 0.15) is 5.56 Å². The molecule has 3 rings (SSSR count). The first kappa shape index (κ1) is 19.6. The summed E-state index contributed by atoms with van der Waals surface area (Å²) in [6.07, 6.45) is 0.